The molecular weight excluding hydrogens is 270 g/mol. The predicted molar refractivity (Wildman–Crippen MR) is 82.3 cm³/mol. The topological polar surface area (TPSA) is 15.3 Å². The lowest BCUT2D eigenvalue weighted by molar-refractivity contribution is 0.188. The van der Waals surface area contributed by atoms with Crippen LogP contribution in [-0.4, -0.2) is 30.6 Å². The highest BCUT2D eigenvalue weighted by molar-refractivity contribution is 5.22. The Labute approximate surface area is 126 Å². The van der Waals surface area contributed by atoms with E-state index in [4.69, 9.17) is 0 Å². The Balaban J connectivity index is 2.04. The molecule has 0 spiro atoms. The smallest absolute Gasteiger partial charge is 0.163 e. The van der Waals surface area contributed by atoms with Crippen LogP contribution in [0.25, 0.3) is 0 Å². The first-order valence-electron chi connectivity index (χ1n) is 7.95. The maximum Gasteiger partial charge on any atom is 0.163 e. The molecule has 0 bridgehead atoms. The lowest BCUT2D eigenvalue weighted by atomic mass is 10.0. The maximum atomic E-state index is 13.9. The van der Waals surface area contributed by atoms with E-state index in [2.05, 4.69) is 24.1 Å². The van der Waals surface area contributed by atoms with Crippen molar-refractivity contribution in [1.82, 2.24) is 10.2 Å². The van der Waals surface area contributed by atoms with Crippen LogP contribution in [0.5, 0.6) is 0 Å². The van der Waals surface area contributed by atoms with Gasteiger partial charge >= 0.3 is 0 Å². The predicted octanol–water partition coefficient (Wildman–Crippen LogP) is 3.88. The Bertz CT molecular complexity index is 464. The Kier molecular flexibility index (Phi) is 5.71. The van der Waals surface area contributed by atoms with Gasteiger partial charge < -0.3 is 5.32 Å². The summed E-state index contributed by atoms with van der Waals surface area (Å²) in [6.07, 6.45) is 4.42. The zero-order valence-electron chi connectivity index (χ0n) is 13.2. The molecule has 0 aliphatic carbocycles. The molecule has 0 amide bonds. The Hall–Kier alpha value is -1.00. The molecule has 118 valence electrons. The molecule has 3 unspecified atom stereocenters. The molecule has 1 fully saturated rings. The van der Waals surface area contributed by atoms with E-state index in [1.54, 1.807) is 19.2 Å². The standard InChI is InChI=1S/C17H26F2N2/c1-4-13-9-8-12(2)21(13)11-10-16(20-3)14-6-5-7-15(18)17(14)19/h5-7,12-13,16,20H,4,8-11H2,1-3H3. The fraction of sp³-hybridized carbons (Fsp3) is 0.647. The molecule has 1 aromatic carbocycles. The van der Waals surface area contributed by atoms with Gasteiger partial charge in [0.05, 0.1) is 0 Å². The lowest BCUT2D eigenvalue weighted by Crippen LogP contribution is -2.36. The first-order valence-corrected chi connectivity index (χ1v) is 7.95. The molecule has 1 heterocycles. The van der Waals surface area contributed by atoms with Crippen molar-refractivity contribution in [2.75, 3.05) is 13.6 Å². The minimum atomic E-state index is -0.770. The molecule has 1 aliphatic rings. The molecule has 0 radical (unpaired) electrons. The van der Waals surface area contributed by atoms with Crippen LogP contribution in [0.1, 0.15) is 51.1 Å². The second-order valence-corrected chi connectivity index (χ2v) is 6.00. The van der Waals surface area contributed by atoms with Crippen LogP contribution in [0.3, 0.4) is 0 Å². The molecule has 1 N–H and O–H groups in total. The van der Waals surface area contributed by atoms with Crippen molar-refractivity contribution in [2.45, 2.75) is 57.7 Å². The van der Waals surface area contributed by atoms with Crippen molar-refractivity contribution in [3.8, 4) is 0 Å². The van der Waals surface area contributed by atoms with Gasteiger partial charge in [-0.15, -0.1) is 0 Å². The number of likely N-dealkylation sites (tertiary alicyclic amines) is 1. The van der Waals surface area contributed by atoms with E-state index in [1.165, 1.54) is 18.9 Å². The third-order valence-electron chi connectivity index (χ3n) is 4.81. The highest BCUT2D eigenvalue weighted by Gasteiger charge is 2.29. The van der Waals surface area contributed by atoms with Crippen LogP contribution < -0.4 is 5.32 Å². The zero-order chi connectivity index (χ0) is 15.4. The SMILES string of the molecule is CCC1CCC(C)N1CCC(NC)c1cccc(F)c1F. The fourth-order valence-electron chi connectivity index (χ4n) is 3.49. The van der Waals surface area contributed by atoms with Crippen LogP contribution in [0.4, 0.5) is 8.78 Å². The first-order chi connectivity index (χ1) is 10.1. The number of nitrogens with one attached hydrogen (secondary N) is 1. The molecule has 0 saturated carbocycles. The van der Waals surface area contributed by atoms with Gasteiger partial charge in [-0.1, -0.05) is 19.1 Å². The normalized spacial score (nSPS) is 24.4. The Morgan fingerprint density at radius 1 is 1.33 bits per heavy atom. The van der Waals surface area contributed by atoms with Gasteiger partial charge in [-0.25, -0.2) is 8.78 Å². The van der Waals surface area contributed by atoms with Crippen molar-refractivity contribution < 1.29 is 8.78 Å². The fourth-order valence-corrected chi connectivity index (χ4v) is 3.49. The van der Waals surface area contributed by atoms with Crippen molar-refractivity contribution in [2.24, 2.45) is 0 Å². The van der Waals surface area contributed by atoms with Crippen molar-refractivity contribution in [3.05, 3.63) is 35.4 Å². The molecule has 2 rings (SSSR count). The van der Waals surface area contributed by atoms with Gasteiger partial charge in [-0.3, -0.25) is 4.90 Å². The first kappa shape index (κ1) is 16.4. The van der Waals surface area contributed by atoms with Crippen molar-refractivity contribution in [3.63, 3.8) is 0 Å². The highest BCUT2D eigenvalue weighted by atomic mass is 19.2. The second kappa shape index (κ2) is 7.32. The van der Waals surface area contributed by atoms with Gasteiger partial charge in [0.15, 0.2) is 11.6 Å². The van der Waals surface area contributed by atoms with Gasteiger partial charge in [0.2, 0.25) is 0 Å². The molecule has 4 heteroatoms. The van der Waals surface area contributed by atoms with E-state index in [9.17, 15) is 8.78 Å². The zero-order valence-corrected chi connectivity index (χ0v) is 13.2. The van der Waals surface area contributed by atoms with E-state index in [1.807, 2.05) is 0 Å². The van der Waals surface area contributed by atoms with Gasteiger partial charge in [0.1, 0.15) is 0 Å². The summed E-state index contributed by atoms with van der Waals surface area (Å²) < 4.78 is 27.3. The van der Waals surface area contributed by atoms with Crippen LogP contribution in [0.15, 0.2) is 18.2 Å². The minimum absolute atomic E-state index is 0.147. The average Bonchev–Trinajstić information content (AvgIpc) is 2.84. The number of benzene rings is 1. The summed E-state index contributed by atoms with van der Waals surface area (Å²) in [6.45, 7) is 5.39. The summed E-state index contributed by atoms with van der Waals surface area (Å²) in [4.78, 5) is 2.52. The van der Waals surface area contributed by atoms with Crippen molar-refractivity contribution in [1.29, 1.82) is 0 Å². The van der Waals surface area contributed by atoms with E-state index in [0.717, 1.165) is 19.4 Å². The number of nitrogens with zero attached hydrogens (tertiary/aromatic N) is 1. The number of hydrogen-bond acceptors (Lipinski definition) is 2. The molecule has 1 aliphatic heterocycles. The third-order valence-corrected chi connectivity index (χ3v) is 4.81. The van der Waals surface area contributed by atoms with E-state index >= 15 is 0 Å². The average molecular weight is 296 g/mol. The quantitative estimate of drug-likeness (QED) is 0.857. The molecule has 0 aromatic heterocycles. The van der Waals surface area contributed by atoms with Crippen molar-refractivity contribution >= 4 is 0 Å². The summed E-state index contributed by atoms with van der Waals surface area (Å²) in [5, 5.41) is 3.12. The van der Waals surface area contributed by atoms with Crippen LogP contribution in [0.2, 0.25) is 0 Å². The van der Waals surface area contributed by atoms with Crippen LogP contribution >= 0.6 is 0 Å². The lowest BCUT2D eigenvalue weighted by Gasteiger charge is -2.29. The van der Waals surface area contributed by atoms with Gasteiger partial charge in [0.25, 0.3) is 0 Å². The summed E-state index contributed by atoms with van der Waals surface area (Å²) in [5.74, 6) is -1.49. The second-order valence-electron chi connectivity index (χ2n) is 6.00. The monoisotopic (exact) mass is 296 g/mol. The van der Waals surface area contributed by atoms with E-state index in [0.29, 0.717) is 17.6 Å². The number of halogens is 2. The summed E-state index contributed by atoms with van der Waals surface area (Å²) in [6, 6.07) is 5.49. The van der Waals surface area contributed by atoms with Gasteiger partial charge in [-0.05, 0) is 45.7 Å². The number of rotatable bonds is 6. The largest absolute Gasteiger partial charge is 0.313 e. The number of hydrogen-bond donors (Lipinski definition) is 1. The molecular formula is C17H26F2N2. The Morgan fingerprint density at radius 2 is 2.10 bits per heavy atom. The van der Waals surface area contributed by atoms with E-state index < -0.39 is 11.6 Å². The van der Waals surface area contributed by atoms with Gasteiger partial charge in [0, 0.05) is 30.2 Å². The molecule has 21 heavy (non-hydrogen) atoms. The maximum absolute atomic E-state index is 13.9. The Morgan fingerprint density at radius 3 is 2.76 bits per heavy atom. The molecule has 3 atom stereocenters. The third kappa shape index (κ3) is 3.61. The summed E-state index contributed by atoms with van der Waals surface area (Å²) >= 11 is 0. The highest BCUT2D eigenvalue weighted by Crippen LogP contribution is 2.28. The summed E-state index contributed by atoms with van der Waals surface area (Å²) in [7, 11) is 1.81. The summed E-state index contributed by atoms with van der Waals surface area (Å²) in [5.41, 5.74) is 0.428. The van der Waals surface area contributed by atoms with Gasteiger partial charge in [-0.2, -0.15) is 0 Å². The molecule has 1 saturated heterocycles. The van der Waals surface area contributed by atoms with E-state index in [-0.39, 0.29) is 6.04 Å². The van der Waals surface area contributed by atoms with Crippen LogP contribution in [0, 0.1) is 11.6 Å². The van der Waals surface area contributed by atoms with Crippen LogP contribution in [-0.2, 0) is 0 Å². The minimum Gasteiger partial charge on any atom is -0.313 e. The molecule has 2 nitrogen and oxygen atoms in total. The molecule has 1 aromatic rings.